The summed E-state index contributed by atoms with van der Waals surface area (Å²) >= 11 is 1.68. The number of thiazole rings is 1. The third-order valence-corrected chi connectivity index (χ3v) is 4.45. The van der Waals surface area contributed by atoms with Gasteiger partial charge in [-0.05, 0) is 53.5 Å². The third-order valence-electron chi connectivity index (χ3n) is 3.63. The van der Waals surface area contributed by atoms with E-state index in [0.717, 1.165) is 49.6 Å². The van der Waals surface area contributed by atoms with E-state index in [2.05, 4.69) is 15.7 Å². The van der Waals surface area contributed by atoms with Crippen molar-refractivity contribution in [1.82, 2.24) is 15.2 Å². The number of hydrogen-bond donors (Lipinski definition) is 1. The van der Waals surface area contributed by atoms with Crippen LogP contribution in [0.1, 0.15) is 50.7 Å². The van der Waals surface area contributed by atoms with Crippen LogP contribution in [0.5, 0.6) is 0 Å². The topological polar surface area (TPSA) is 54.5 Å². The van der Waals surface area contributed by atoms with Crippen LogP contribution >= 0.6 is 11.3 Å². The van der Waals surface area contributed by atoms with Gasteiger partial charge in [0.05, 0.1) is 10.7 Å². The van der Waals surface area contributed by atoms with Crippen LogP contribution in [-0.2, 0) is 11.3 Å². The van der Waals surface area contributed by atoms with Crippen LogP contribution in [0.4, 0.5) is 4.79 Å². The number of aryl methyl sites for hydroxylation is 1. The Kier molecular flexibility index (Phi) is 5.81. The lowest BCUT2D eigenvalue weighted by Crippen LogP contribution is -2.40. The van der Waals surface area contributed by atoms with Gasteiger partial charge in [0.15, 0.2) is 0 Å². The second-order valence-electron chi connectivity index (χ2n) is 6.79. The summed E-state index contributed by atoms with van der Waals surface area (Å²) in [6.45, 7) is 10.2. The van der Waals surface area contributed by atoms with Crippen LogP contribution in [-0.4, -0.2) is 40.7 Å². The maximum atomic E-state index is 12.2. The Morgan fingerprint density at radius 1 is 1.55 bits per heavy atom. The van der Waals surface area contributed by atoms with Gasteiger partial charge >= 0.3 is 6.09 Å². The van der Waals surface area contributed by atoms with Crippen molar-refractivity contribution in [2.24, 2.45) is 0 Å². The molecule has 22 heavy (non-hydrogen) atoms. The Hall–Kier alpha value is -1.14. The molecule has 1 saturated heterocycles. The Morgan fingerprint density at radius 2 is 2.32 bits per heavy atom. The van der Waals surface area contributed by atoms with Crippen LogP contribution < -0.4 is 5.32 Å². The van der Waals surface area contributed by atoms with E-state index in [1.54, 1.807) is 11.3 Å². The largest absolute Gasteiger partial charge is 0.444 e. The molecule has 1 aliphatic heterocycles. The standard InChI is InChI=1S/C16H27N3O2S/c1-12-18-13(11-22-12)10-17-8-7-14-6-5-9-19(14)15(20)21-16(2,3)4/h11,14,17H,5-10H2,1-4H3. The van der Waals surface area contributed by atoms with Crippen molar-refractivity contribution in [2.45, 2.75) is 65.1 Å². The molecular formula is C16H27N3O2S. The second kappa shape index (κ2) is 7.42. The van der Waals surface area contributed by atoms with Crippen molar-refractivity contribution < 1.29 is 9.53 Å². The highest BCUT2D eigenvalue weighted by atomic mass is 32.1. The molecule has 1 unspecified atom stereocenters. The summed E-state index contributed by atoms with van der Waals surface area (Å²) in [4.78, 5) is 18.5. The van der Waals surface area contributed by atoms with Crippen LogP contribution in [0, 0.1) is 6.92 Å². The summed E-state index contributed by atoms with van der Waals surface area (Å²) in [6, 6.07) is 0.291. The van der Waals surface area contributed by atoms with Crippen molar-refractivity contribution in [3.8, 4) is 0 Å². The van der Waals surface area contributed by atoms with Crippen LogP contribution in [0.25, 0.3) is 0 Å². The highest BCUT2D eigenvalue weighted by Gasteiger charge is 2.31. The fourth-order valence-corrected chi connectivity index (χ4v) is 3.28. The molecule has 5 nitrogen and oxygen atoms in total. The number of carbonyl (C=O) groups is 1. The van der Waals surface area contributed by atoms with Gasteiger partial charge in [-0.1, -0.05) is 0 Å². The Balaban J connectivity index is 1.73. The summed E-state index contributed by atoms with van der Waals surface area (Å²) in [5.41, 5.74) is 0.670. The predicted molar refractivity (Wildman–Crippen MR) is 89.1 cm³/mol. The van der Waals surface area contributed by atoms with Crippen LogP contribution in [0.2, 0.25) is 0 Å². The van der Waals surface area contributed by atoms with Gasteiger partial charge in [0.2, 0.25) is 0 Å². The number of hydrogen-bond acceptors (Lipinski definition) is 5. The van der Waals surface area contributed by atoms with Crippen LogP contribution in [0.3, 0.4) is 0 Å². The molecule has 124 valence electrons. The minimum Gasteiger partial charge on any atom is -0.444 e. The lowest BCUT2D eigenvalue weighted by molar-refractivity contribution is 0.0220. The molecule has 0 aliphatic carbocycles. The van der Waals surface area contributed by atoms with E-state index in [0.29, 0.717) is 6.04 Å². The molecule has 6 heteroatoms. The molecule has 1 amide bonds. The SMILES string of the molecule is Cc1nc(CNCCC2CCCN2C(=O)OC(C)(C)C)cs1. The van der Waals surface area contributed by atoms with E-state index >= 15 is 0 Å². The average Bonchev–Trinajstić information content (AvgIpc) is 3.01. The number of nitrogens with zero attached hydrogens (tertiary/aromatic N) is 2. The molecule has 2 rings (SSSR count). The molecule has 1 aliphatic rings. The minimum atomic E-state index is -0.426. The van der Waals surface area contributed by atoms with Crippen LogP contribution in [0.15, 0.2) is 5.38 Å². The summed E-state index contributed by atoms with van der Waals surface area (Å²) in [5.74, 6) is 0. The Labute approximate surface area is 137 Å². The number of aromatic nitrogens is 1. The minimum absolute atomic E-state index is 0.176. The van der Waals surface area contributed by atoms with Crippen molar-refractivity contribution in [3.05, 3.63) is 16.1 Å². The normalized spacial score (nSPS) is 18.7. The van der Waals surface area contributed by atoms with Gasteiger partial charge in [0.1, 0.15) is 5.60 Å². The molecular weight excluding hydrogens is 298 g/mol. The summed E-state index contributed by atoms with van der Waals surface area (Å²) < 4.78 is 5.49. The number of amides is 1. The first-order valence-corrected chi connectivity index (χ1v) is 8.84. The first kappa shape index (κ1) is 17.2. The maximum Gasteiger partial charge on any atom is 0.410 e. The van der Waals surface area contributed by atoms with Gasteiger partial charge in [0.25, 0.3) is 0 Å². The zero-order chi connectivity index (χ0) is 16.2. The Morgan fingerprint density at radius 3 is 2.95 bits per heavy atom. The van der Waals surface area contributed by atoms with E-state index in [9.17, 15) is 4.79 Å². The number of likely N-dealkylation sites (tertiary alicyclic amines) is 1. The number of nitrogens with one attached hydrogen (secondary N) is 1. The highest BCUT2D eigenvalue weighted by molar-refractivity contribution is 7.09. The molecule has 0 radical (unpaired) electrons. The average molecular weight is 325 g/mol. The van der Waals surface area contributed by atoms with Gasteiger partial charge in [-0.25, -0.2) is 9.78 Å². The van der Waals surface area contributed by atoms with E-state index in [4.69, 9.17) is 4.74 Å². The smallest absolute Gasteiger partial charge is 0.410 e. The summed E-state index contributed by atoms with van der Waals surface area (Å²) in [5, 5.41) is 6.60. The third kappa shape index (κ3) is 5.25. The number of carbonyl (C=O) groups excluding carboxylic acids is 1. The molecule has 0 saturated carbocycles. The number of ether oxygens (including phenoxy) is 1. The van der Waals surface area contributed by atoms with E-state index in [1.165, 1.54) is 0 Å². The highest BCUT2D eigenvalue weighted by Crippen LogP contribution is 2.22. The van der Waals surface area contributed by atoms with Crippen molar-refractivity contribution in [3.63, 3.8) is 0 Å². The van der Waals surface area contributed by atoms with Gasteiger partial charge in [-0.15, -0.1) is 11.3 Å². The van der Waals surface area contributed by atoms with E-state index in [-0.39, 0.29) is 6.09 Å². The van der Waals surface area contributed by atoms with Gasteiger partial charge < -0.3 is 15.0 Å². The van der Waals surface area contributed by atoms with Crippen molar-refractivity contribution in [1.29, 1.82) is 0 Å². The molecule has 0 aromatic carbocycles. The molecule has 1 aromatic heterocycles. The first-order chi connectivity index (χ1) is 10.3. The molecule has 1 aromatic rings. The molecule has 0 bridgehead atoms. The van der Waals surface area contributed by atoms with Crippen molar-refractivity contribution in [2.75, 3.05) is 13.1 Å². The van der Waals surface area contributed by atoms with Gasteiger partial charge in [-0.3, -0.25) is 0 Å². The quantitative estimate of drug-likeness (QED) is 0.844. The molecule has 1 atom stereocenters. The number of rotatable bonds is 5. The second-order valence-corrected chi connectivity index (χ2v) is 7.86. The van der Waals surface area contributed by atoms with Gasteiger partial charge in [0, 0.05) is 24.5 Å². The van der Waals surface area contributed by atoms with E-state index < -0.39 is 5.60 Å². The fourth-order valence-electron chi connectivity index (χ4n) is 2.67. The lowest BCUT2D eigenvalue weighted by Gasteiger charge is -2.28. The molecule has 1 N–H and O–H groups in total. The monoisotopic (exact) mass is 325 g/mol. The lowest BCUT2D eigenvalue weighted by atomic mass is 10.1. The Bertz CT molecular complexity index is 496. The fraction of sp³-hybridized carbons (Fsp3) is 0.750. The van der Waals surface area contributed by atoms with E-state index in [1.807, 2.05) is 32.6 Å². The zero-order valence-corrected chi connectivity index (χ0v) is 14.8. The summed E-state index contributed by atoms with van der Waals surface area (Å²) in [6.07, 6.45) is 2.92. The summed E-state index contributed by atoms with van der Waals surface area (Å²) in [7, 11) is 0. The first-order valence-electron chi connectivity index (χ1n) is 7.96. The van der Waals surface area contributed by atoms with Crippen molar-refractivity contribution >= 4 is 17.4 Å². The van der Waals surface area contributed by atoms with Gasteiger partial charge in [-0.2, -0.15) is 0 Å². The molecule has 2 heterocycles. The predicted octanol–water partition coefficient (Wildman–Crippen LogP) is 3.33. The zero-order valence-electron chi connectivity index (χ0n) is 14.0. The maximum absolute atomic E-state index is 12.2. The molecule has 1 fully saturated rings. The molecule has 0 spiro atoms.